The molecular weight excluding hydrogens is 356 g/mol. The van der Waals surface area contributed by atoms with E-state index in [0.717, 1.165) is 42.0 Å². The van der Waals surface area contributed by atoms with Gasteiger partial charge in [-0.05, 0) is 104 Å². The zero-order valence-corrected chi connectivity index (χ0v) is 18.1. The van der Waals surface area contributed by atoms with Crippen LogP contribution in [0, 0.1) is 34.5 Å². The molecule has 1 aromatic heterocycles. The minimum atomic E-state index is -0.0381. The maximum atomic E-state index is 10.3. The summed E-state index contributed by atoms with van der Waals surface area (Å²) in [5, 5.41) is 10.3. The van der Waals surface area contributed by atoms with Crippen molar-refractivity contribution < 1.29 is 5.11 Å². The van der Waals surface area contributed by atoms with Crippen molar-refractivity contribution in [1.29, 1.82) is 0 Å². The molecule has 8 atom stereocenters. The van der Waals surface area contributed by atoms with E-state index in [2.05, 4.69) is 49.0 Å². The van der Waals surface area contributed by atoms with Gasteiger partial charge in [-0.2, -0.15) is 0 Å². The fraction of sp³-hybridized carbons (Fsp3) is 0.731. The summed E-state index contributed by atoms with van der Waals surface area (Å²) in [7, 11) is 0. The molecule has 0 saturated heterocycles. The Labute approximate surface area is 174 Å². The van der Waals surface area contributed by atoms with Crippen LogP contribution < -0.4 is 0 Å². The normalized spacial score (nSPS) is 46.9. The number of nitrogens with zero attached hydrogens (tertiary/aromatic N) is 2. The van der Waals surface area contributed by atoms with E-state index in [9.17, 15) is 5.11 Å². The maximum Gasteiger partial charge on any atom is 0.0961 e. The molecule has 156 valence electrons. The largest absolute Gasteiger partial charge is 0.393 e. The van der Waals surface area contributed by atoms with Crippen molar-refractivity contribution in [2.45, 2.75) is 83.8 Å². The molecule has 3 nitrogen and oxygen atoms in total. The van der Waals surface area contributed by atoms with Gasteiger partial charge in [0.1, 0.15) is 0 Å². The standard InChI is InChI=1S/C26H36N2O/c1-25-13-11-18(29)15-17(25)7-8-19-20-9-10-24(26(20,2)14-12-21(19)25)28-16-27-22-5-3-4-6-23(22)28/h3-6,16-21,24,29H,7-15H2,1-2H3/t17?,18-,19?,20?,21?,24-,25-,26-/m0/s1. The van der Waals surface area contributed by atoms with E-state index in [4.69, 9.17) is 4.98 Å². The van der Waals surface area contributed by atoms with Gasteiger partial charge in [-0.1, -0.05) is 26.0 Å². The van der Waals surface area contributed by atoms with Crippen molar-refractivity contribution in [2.24, 2.45) is 34.5 Å². The van der Waals surface area contributed by atoms with Gasteiger partial charge < -0.3 is 9.67 Å². The Morgan fingerprint density at radius 2 is 1.72 bits per heavy atom. The third kappa shape index (κ3) is 2.49. The van der Waals surface area contributed by atoms with E-state index in [-0.39, 0.29) is 6.10 Å². The second-order valence-electron chi connectivity index (χ2n) is 11.4. The Kier molecular flexibility index (Phi) is 4.02. The summed E-state index contributed by atoms with van der Waals surface area (Å²) < 4.78 is 2.53. The van der Waals surface area contributed by atoms with Crippen LogP contribution >= 0.6 is 0 Å². The molecule has 1 N–H and O–H groups in total. The summed E-state index contributed by atoms with van der Waals surface area (Å²) >= 11 is 0. The summed E-state index contributed by atoms with van der Waals surface area (Å²) in [6.07, 6.45) is 13.6. The van der Waals surface area contributed by atoms with Crippen LogP contribution in [0.3, 0.4) is 0 Å². The molecule has 0 spiro atoms. The van der Waals surface area contributed by atoms with Crippen LogP contribution in [0.4, 0.5) is 0 Å². The van der Waals surface area contributed by atoms with Crippen molar-refractivity contribution >= 4 is 11.0 Å². The van der Waals surface area contributed by atoms with Crippen LogP contribution in [0.5, 0.6) is 0 Å². The van der Waals surface area contributed by atoms with E-state index < -0.39 is 0 Å². The highest BCUT2D eigenvalue weighted by atomic mass is 16.3. The average Bonchev–Trinajstić information content (AvgIpc) is 3.29. The van der Waals surface area contributed by atoms with Gasteiger partial charge in [0.25, 0.3) is 0 Å². The van der Waals surface area contributed by atoms with Crippen molar-refractivity contribution in [3.63, 3.8) is 0 Å². The molecule has 0 radical (unpaired) electrons. The Bertz CT molecular complexity index is 920. The number of aliphatic hydroxyl groups is 1. The molecule has 4 fully saturated rings. The zero-order chi connectivity index (χ0) is 19.8. The van der Waals surface area contributed by atoms with Crippen LogP contribution in [0.2, 0.25) is 0 Å². The fourth-order valence-electron chi connectivity index (χ4n) is 8.89. The Morgan fingerprint density at radius 1 is 0.931 bits per heavy atom. The fourth-order valence-corrected chi connectivity index (χ4v) is 8.89. The van der Waals surface area contributed by atoms with E-state index in [1.54, 1.807) is 0 Å². The van der Waals surface area contributed by atoms with E-state index in [0.29, 0.717) is 16.9 Å². The number of aromatic nitrogens is 2. The molecule has 0 bridgehead atoms. The SMILES string of the molecule is C[C@]12CC[C@H](O)CC1CCC1C2CC[C@@]2(C)C1CC[C@@H]2n1cnc2ccccc21. The third-order valence-corrected chi connectivity index (χ3v) is 10.4. The number of hydrogen-bond acceptors (Lipinski definition) is 2. The van der Waals surface area contributed by atoms with Crippen molar-refractivity contribution in [1.82, 2.24) is 9.55 Å². The Morgan fingerprint density at radius 3 is 2.62 bits per heavy atom. The monoisotopic (exact) mass is 392 g/mol. The molecule has 6 rings (SSSR count). The summed E-state index contributed by atoms with van der Waals surface area (Å²) in [6, 6.07) is 9.26. The zero-order valence-electron chi connectivity index (χ0n) is 18.1. The third-order valence-electron chi connectivity index (χ3n) is 10.4. The van der Waals surface area contributed by atoms with Crippen LogP contribution in [0.1, 0.15) is 77.7 Å². The van der Waals surface area contributed by atoms with Crippen molar-refractivity contribution in [3.05, 3.63) is 30.6 Å². The minimum Gasteiger partial charge on any atom is -0.393 e. The number of rotatable bonds is 1. The predicted molar refractivity (Wildman–Crippen MR) is 117 cm³/mol. The molecule has 1 heterocycles. The van der Waals surface area contributed by atoms with E-state index >= 15 is 0 Å². The topological polar surface area (TPSA) is 38.0 Å². The number of aliphatic hydroxyl groups excluding tert-OH is 1. The lowest BCUT2D eigenvalue weighted by atomic mass is 9.45. The van der Waals surface area contributed by atoms with Crippen molar-refractivity contribution in [3.8, 4) is 0 Å². The van der Waals surface area contributed by atoms with Gasteiger partial charge >= 0.3 is 0 Å². The number of para-hydroxylation sites is 2. The van der Waals surface area contributed by atoms with Gasteiger partial charge in [0.2, 0.25) is 0 Å². The lowest BCUT2D eigenvalue weighted by Crippen LogP contribution is -2.54. The van der Waals surface area contributed by atoms with Crippen LogP contribution in [0.25, 0.3) is 11.0 Å². The first-order chi connectivity index (χ1) is 14.0. The van der Waals surface area contributed by atoms with Gasteiger partial charge in [0, 0.05) is 6.04 Å². The molecular formula is C26H36N2O. The molecule has 3 heteroatoms. The molecule has 0 amide bonds. The first kappa shape index (κ1) is 18.4. The van der Waals surface area contributed by atoms with Crippen LogP contribution in [0.15, 0.2) is 30.6 Å². The average molecular weight is 393 g/mol. The number of fused-ring (bicyclic) bond motifs is 6. The van der Waals surface area contributed by atoms with Gasteiger partial charge in [0.05, 0.1) is 23.5 Å². The second kappa shape index (κ2) is 6.33. The molecule has 1 aromatic carbocycles. The lowest BCUT2D eigenvalue weighted by Gasteiger charge is -2.61. The Hall–Kier alpha value is -1.35. The first-order valence-corrected chi connectivity index (χ1v) is 12.1. The highest BCUT2D eigenvalue weighted by Gasteiger charge is 2.60. The van der Waals surface area contributed by atoms with Crippen molar-refractivity contribution in [2.75, 3.05) is 0 Å². The van der Waals surface area contributed by atoms with Gasteiger partial charge in [-0.15, -0.1) is 0 Å². The number of imidazole rings is 1. The number of benzene rings is 1. The highest BCUT2D eigenvalue weighted by molar-refractivity contribution is 5.75. The van der Waals surface area contributed by atoms with E-state index in [1.807, 2.05) is 0 Å². The summed E-state index contributed by atoms with van der Waals surface area (Å²) in [6.45, 7) is 5.21. The molecule has 0 aliphatic heterocycles. The van der Waals surface area contributed by atoms with E-state index in [1.165, 1.54) is 50.5 Å². The highest BCUT2D eigenvalue weighted by Crippen LogP contribution is 2.68. The second-order valence-corrected chi connectivity index (χ2v) is 11.4. The molecule has 4 saturated carbocycles. The summed E-state index contributed by atoms with van der Waals surface area (Å²) in [4.78, 5) is 4.72. The minimum absolute atomic E-state index is 0.0381. The first-order valence-electron chi connectivity index (χ1n) is 12.1. The molecule has 2 aromatic rings. The van der Waals surface area contributed by atoms with Gasteiger partial charge in [-0.3, -0.25) is 0 Å². The summed E-state index contributed by atoms with van der Waals surface area (Å²) in [5.74, 6) is 3.39. The van der Waals surface area contributed by atoms with Crippen LogP contribution in [-0.2, 0) is 0 Å². The number of hydrogen-bond donors (Lipinski definition) is 1. The Balaban J connectivity index is 1.33. The van der Waals surface area contributed by atoms with Crippen LogP contribution in [-0.4, -0.2) is 20.8 Å². The maximum absolute atomic E-state index is 10.3. The smallest absolute Gasteiger partial charge is 0.0961 e. The molecule has 4 aliphatic carbocycles. The molecule has 4 aliphatic rings. The quantitative estimate of drug-likeness (QED) is 0.648. The summed E-state index contributed by atoms with van der Waals surface area (Å²) in [5.41, 5.74) is 3.34. The predicted octanol–water partition coefficient (Wildman–Crippen LogP) is 5.98. The lowest BCUT2D eigenvalue weighted by molar-refractivity contribution is -0.125. The molecule has 4 unspecified atom stereocenters. The van der Waals surface area contributed by atoms with Gasteiger partial charge in [-0.25, -0.2) is 4.98 Å². The molecule has 29 heavy (non-hydrogen) atoms. The van der Waals surface area contributed by atoms with Gasteiger partial charge in [0.15, 0.2) is 0 Å².